The van der Waals surface area contributed by atoms with Crippen LogP contribution < -0.4 is 10.6 Å². The molecule has 2 saturated heterocycles. The molecule has 0 bridgehead atoms. The monoisotopic (exact) mass is 437 g/mol. The standard InChI is InChI=1S/C17H35N5.HI/c1-6-21-8-7-15(11-21)9-19-17(18-5)20-16-12-22(13(2)3)10-14(16)4;/h13-16H,6-12H2,1-5H3,(H2,18,19,20);1H. The molecule has 0 amide bonds. The van der Waals surface area contributed by atoms with E-state index in [1.165, 1.54) is 32.6 Å². The van der Waals surface area contributed by atoms with Crippen LogP contribution in [0.15, 0.2) is 4.99 Å². The Bertz CT molecular complexity index is 374. The molecule has 2 aliphatic heterocycles. The minimum atomic E-state index is 0. The second kappa shape index (κ2) is 10.0. The molecule has 2 fully saturated rings. The normalized spacial score (nSPS) is 29.8. The first-order valence-electron chi connectivity index (χ1n) is 8.97. The van der Waals surface area contributed by atoms with E-state index in [4.69, 9.17) is 0 Å². The highest BCUT2D eigenvalue weighted by Crippen LogP contribution is 2.18. The third kappa shape index (κ3) is 6.05. The van der Waals surface area contributed by atoms with Crippen LogP contribution in [0, 0.1) is 11.8 Å². The van der Waals surface area contributed by atoms with Gasteiger partial charge in [-0.3, -0.25) is 9.89 Å². The Morgan fingerprint density at radius 3 is 2.52 bits per heavy atom. The number of hydrogen-bond acceptors (Lipinski definition) is 3. The number of aliphatic imine (C=N–C) groups is 1. The second-order valence-corrected chi connectivity index (χ2v) is 7.28. The molecule has 5 nitrogen and oxygen atoms in total. The molecule has 2 heterocycles. The molecule has 0 aromatic rings. The highest BCUT2D eigenvalue weighted by molar-refractivity contribution is 14.0. The molecule has 0 radical (unpaired) electrons. The molecule has 2 rings (SSSR count). The van der Waals surface area contributed by atoms with E-state index in [2.05, 4.69) is 53.1 Å². The predicted molar refractivity (Wildman–Crippen MR) is 110 cm³/mol. The molecule has 3 unspecified atom stereocenters. The maximum absolute atomic E-state index is 4.42. The van der Waals surface area contributed by atoms with Crippen molar-refractivity contribution in [1.29, 1.82) is 0 Å². The van der Waals surface area contributed by atoms with Crippen molar-refractivity contribution in [3.8, 4) is 0 Å². The number of nitrogens with one attached hydrogen (secondary N) is 2. The zero-order valence-electron chi connectivity index (χ0n) is 15.5. The molecule has 0 aromatic heterocycles. The number of guanidine groups is 1. The maximum atomic E-state index is 4.42. The highest BCUT2D eigenvalue weighted by Gasteiger charge is 2.31. The Balaban J connectivity index is 0.00000264. The van der Waals surface area contributed by atoms with Crippen molar-refractivity contribution in [1.82, 2.24) is 20.4 Å². The predicted octanol–water partition coefficient (Wildman–Crippen LogP) is 1.84. The quantitative estimate of drug-likeness (QED) is 0.392. The van der Waals surface area contributed by atoms with Crippen molar-refractivity contribution < 1.29 is 0 Å². The van der Waals surface area contributed by atoms with E-state index in [0.717, 1.165) is 25.0 Å². The van der Waals surface area contributed by atoms with Gasteiger partial charge >= 0.3 is 0 Å². The fourth-order valence-electron chi connectivity index (χ4n) is 3.59. The van der Waals surface area contributed by atoms with E-state index in [-0.39, 0.29) is 24.0 Å². The van der Waals surface area contributed by atoms with E-state index in [9.17, 15) is 0 Å². The maximum Gasteiger partial charge on any atom is 0.191 e. The topological polar surface area (TPSA) is 42.9 Å². The summed E-state index contributed by atoms with van der Waals surface area (Å²) in [6, 6.07) is 1.13. The number of nitrogens with zero attached hydrogens (tertiary/aromatic N) is 3. The third-order valence-electron chi connectivity index (χ3n) is 5.29. The van der Waals surface area contributed by atoms with Crippen molar-refractivity contribution in [2.45, 2.75) is 46.2 Å². The molecule has 23 heavy (non-hydrogen) atoms. The molecule has 6 heteroatoms. The van der Waals surface area contributed by atoms with Gasteiger partial charge in [0.1, 0.15) is 0 Å². The summed E-state index contributed by atoms with van der Waals surface area (Å²) in [5, 5.41) is 7.17. The summed E-state index contributed by atoms with van der Waals surface area (Å²) in [5.74, 6) is 2.40. The number of rotatable bonds is 5. The minimum absolute atomic E-state index is 0. The lowest BCUT2D eigenvalue weighted by molar-refractivity contribution is 0.265. The van der Waals surface area contributed by atoms with Gasteiger partial charge in [0.2, 0.25) is 0 Å². The molecular formula is C17H36IN5. The number of likely N-dealkylation sites (tertiary alicyclic amines) is 2. The first-order valence-corrected chi connectivity index (χ1v) is 8.97. The average molecular weight is 437 g/mol. The Kier molecular flexibility index (Phi) is 9.15. The average Bonchev–Trinajstić information content (AvgIpc) is 3.10. The Morgan fingerprint density at radius 1 is 1.26 bits per heavy atom. The lowest BCUT2D eigenvalue weighted by Crippen LogP contribution is -2.48. The zero-order valence-corrected chi connectivity index (χ0v) is 17.8. The molecule has 0 aromatic carbocycles. The SMILES string of the molecule is CCN1CCC(CNC(=NC)NC2CN(C(C)C)CC2C)C1.I. The van der Waals surface area contributed by atoms with Crippen molar-refractivity contribution >= 4 is 29.9 Å². The van der Waals surface area contributed by atoms with E-state index < -0.39 is 0 Å². The fourth-order valence-corrected chi connectivity index (χ4v) is 3.59. The van der Waals surface area contributed by atoms with Gasteiger partial charge in [0.15, 0.2) is 5.96 Å². The van der Waals surface area contributed by atoms with E-state index in [0.29, 0.717) is 18.0 Å². The first kappa shape index (κ1) is 21.0. The zero-order chi connectivity index (χ0) is 16.1. The molecule has 2 N–H and O–H groups in total. The van der Waals surface area contributed by atoms with Crippen LogP contribution in [-0.4, -0.2) is 74.2 Å². The Labute approximate surface area is 159 Å². The molecule has 136 valence electrons. The van der Waals surface area contributed by atoms with Crippen LogP contribution in [0.25, 0.3) is 0 Å². The fraction of sp³-hybridized carbons (Fsp3) is 0.941. The molecule has 3 atom stereocenters. The van der Waals surface area contributed by atoms with Crippen molar-refractivity contribution in [2.75, 3.05) is 46.3 Å². The van der Waals surface area contributed by atoms with Gasteiger partial charge in [-0.05, 0) is 45.2 Å². The van der Waals surface area contributed by atoms with Crippen molar-refractivity contribution in [3.63, 3.8) is 0 Å². The third-order valence-corrected chi connectivity index (χ3v) is 5.29. The largest absolute Gasteiger partial charge is 0.356 e. The van der Waals surface area contributed by atoms with Gasteiger partial charge in [-0.2, -0.15) is 0 Å². The lowest BCUT2D eigenvalue weighted by Gasteiger charge is -2.22. The summed E-state index contributed by atoms with van der Waals surface area (Å²) < 4.78 is 0. The van der Waals surface area contributed by atoms with Crippen LogP contribution in [0.1, 0.15) is 34.1 Å². The van der Waals surface area contributed by atoms with Gasteiger partial charge in [-0.15, -0.1) is 24.0 Å². The summed E-state index contributed by atoms with van der Waals surface area (Å²) in [7, 11) is 1.88. The second-order valence-electron chi connectivity index (χ2n) is 7.28. The van der Waals surface area contributed by atoms with Gasteiger partial charge in [0, 0.05) is 45.3 Å². The van der Waals surface area contributed by atoms with Gasteiger partial charge < -0.3 is 15.5 Å². The Morgan fingerprint density at radius 2 is 2.00 bits per heavy atom. The summed E-state index contributed by atoms with van der Waals surface area (Å²) in [6.07, 6.45) is 1.30. The molecule has 0 aliphatic carbocycles. The summed E-state index contributed by atoms with van der Waals surface area (Å²) in [5.41, 5.74) is 0. The van der Waals surface area contributed by atoms with E-state index >= 15 is 0 Å². The van der Waals surface area contributed by atoms with Crippen LogP contribution in [0.4, 0.5) is 0 Å². The first-order chi connectivity index (χ1) is 10.5. The molecular weight excluding hydrogens is 401 g/mol. The van der Waals surface area contributed by atoms with Crippen LogP contribution in [0.3, 0.4) is 0 Å². The van der Waals surface area contributed by atoms with Gasteiger partial charge in [-0.25, -0.2) is 0 Å². The number of halogens is 1. The summed E-state index contributed by atoms with van der Waals surface area (Å²) in [6.45, 7) is 16.1. The highest BCUT2D eigenvalue weighted by atomic mass is 127. The molecule has 0 saturated carbocycles. The van der Waals surface area contributed by atoms with Crippen LogP contribution in [0.2, 0.25) is 0 Å². The van der Waals surface area contributed by atoms with Crippen LogP contribution in [0.5, 0.6) is 0 Å². The van der Waals surface area contributed by atoms with Crippen molar-refractivity contribution in [3.05, 3.63) is 0 Å². The van der Waals surface area contributed by atoms with Gasteiger partial charge in [0.05, 0.1) is 0 Å². The van der Waals surface area contributed by atoms with Crippen molar-refractivity contribution in [2.24, 2.45) is 16.8 Å². The van der Waals surface area contributed by atoms with Gasteiger partial charge in [0.25, 0.3) is 0 Å². The lowest BCUT2D eigenvalue weighted by atomic mass is 10.1. The summed E-state index contributed by atoms with van der Waals surface area (Å²) >= 11 is 0. The minimum Gasteiger partial charge on any atom is -0.356 e. The summed E-state index contributed by atoms with van der Waals surface area (Å²) in [4.78, 5) is 9.50. The molecule has 2 aliphatic rings. The van der Waals surface area contributed by atoms with Crippen LogP contribution >= 0.6 is 24.0 Å². The van der Waals surface area contributed by atoms with E-state index in [1.807, 2.05) is 7.05 Å². The van der Waals surface area contributed by atoms with E-state index in [1.54, 1.807) is 0 Å². The van der Waals surface area contributed by atoms with Gasteiger partial charge in [-0.1, -0.05) is 13.8 Å². The molecule has 0 spiro atoms. The van der Waals surface area contributed by atoms with Crippen LogP contribution in [-0.2, 0) is 0 Å². The Hall–Kier alpha value is -0.0800. The smallest absolute Gasteiger partial charge is 0.191 e. The number of hydrogen-bond donors (Lipinski definition) is 2.